The van der Waals surface area contributed by atoms with E-state index in [1.54, 1.807) is 12.1 Å². The lowest BCUT2D eigenvalue weighted by atomic mass is 9.58. The van der Waals surface area contributed by atoms with Crippen LogP contribution in [0.5, 0.6) is 11.5 Å². The van der Waals surface area contributed by atoms with Crippen LogP contribution < -0.4 is 0 Å². The van der Waals surface area contributed by atoms with Gasteiger partial charge in [0.1, 0.15) is 11.5 Å². The number of aliphatic carboxylic acids is 1. The molecular weight excluding hydrogens is 388 g/mol. The zero-order valence-corrected chi connectivity index (χ0v) is 19.6. The van der Waals surface area contributed by atoms with Crippen molar-refractivity contribution in [1.82, 2.24) is 0 Å². The molecule has 1 aliphatic carbocycles. The van der Waals surface area contributed by atoms with E-state index in [0.29, 0.717) is 12.8 Å². The summed E-state index contributed by atoms with van der Waals surface area (Å²) >= 11 is 0. The molecule has 0 saturated heterocycles. The van der Waals surface area contributed by atoms with Crippen LogP contribution in [0.25, 0.3) is 0 Å². The first-order valence-electron chi connectivity index (χ1n) is 11.2. The van der Waals surface area contributed by atoms with Gasteiger partial charge >= 0.3 is 5.97 Å². The van der Waals surface area contributed by atoms with Crippen molar-refractivity contribution in [3.63, 3.8) is 0 Å². The van der Waals surface area contributed by atoms with Crippen LogP contribution >= 0.6 is 0 Å². The number of hydrogen-bond acceptors (Lipinski definition) is 3. The molecule has 0 aliphatic heterocycles. The Bertz CT molecular complexity index is 912. The predicted molar refractivity (Wildman–Crippen MR) is 124 cm³/mol. The molecular formula is C27H36O4. The molecule has 1 atom stereocenters. The molecule has 168 valence electrons. The quantitative estimate of drug-likeness (QED) is 0.544. The molecule has 4 nitrogen and oxygen atoms in total. The zero-order valence-electron chi connectivity index (χ0n) is 19.6. The number of phenols is 2. The first-order chi connectivity index (χ1) is 14.3. The summed E-state index contributed by atoms with van der Waals surface area (Å²) in [6.07, 6.45) is 3.13. The molecule has 31 heavy (non-hydrogen) atoms. The van der Waals surface area contributed by atoms with Crippen molar-refractivity contribution in [3.05, 3.63) is 58.7 Å². The van der Waals surface area contributed by atoms with Crippen molar-refractivity contribution in [2.24, 2.45) is 5.92 Å². The van der Waals surface area contributed by atoms with Crippen LogP contribution in [-0.2, 0) is 21.0 Å². The lowest BCUT2D eigenvalue weighted by molar-refractivity contribution is -0.145. The fourth-order valence-corrected chi connectivity index (χ4v) is 5.19. The predicted octanol–water partition coefficient (Wildman–Crippen LogP) is 6.25. The molecule has 2 aromatic carbocycles. The van der Waals surface area contributed by atoms with Crippen molar-refractivity contribution < 1.29 is 20.1 Å². The van der Waals surface area contributed by atoms with Gasteiger partial charge in [0.2, 0.25) is 0 Å². The average Bonchev–Trinajstić information content (AvgIpc) is 2.66. The number of benzene rings is 2. The smallest absolute Gasteiger partial charge is 0.307 e. The summed E-state index contributed by atoms with van der Waals surface area (Å²) in [5.41, 5.74) is 2.20. The second-order valence-electron chi connectivity index (χ2n) is 11.1. The van der Waals surface area contributed by atoms with Gasteiger partial charge < -0.3 is 15.3 Å². The first-order valence-corrected chi connectivity index (χ1v) is 11.2. The number of carboxylic acids is 1. The lowest BCUT2D eigenvalue weighted by Crippen LogP contribution is -2.43. The third-order valence-corrected chi connectivity index (χ3v) is 6.85. The molecule has 3 N–H and O–H groups in total. The van der Waals surface area contributed by atoms with Crippen molar-refractivity contribution in [2.45, 2.75) is 83.5 Å². The largest absolute Gasteiger partial charge is 0.508 e. The SMILES string of the molecule is CC(C)(C)c1cc(C2(c3ccc(O)c(C(C)(C)C)c3)CCCCC2C(=O)O)ccc1O. The van der Waals surface area contributed by atoms with E-state index in [0.717, 1.165) is 35.1 Å². The fraction of sp³-hybridized carbons (Fsp3) is 0.519. The van der Waals surface area contributed by atoms with E-state index in [4.69, 9.17) is 0 Å². The Balaban J connectivity index is 2.35. The lowest BCUT2D eigenvalue weighted by Gasteiger charge is -2.44. The highest BCUT2D eigenvalue weighted by molar-refractivity contribution is 5.74. The van der Waals surface area contributed by atoms with Gasteiger partial charge in [-0.25, -0.2) is 0 Å². The zero-order chi connectivity index (χ0) is 23.2. The number of rotatable bonds is 3. The van der Waals surface area contributed by atoms with E-state index in [-0.39, 0.29) is 22.3 Å². The summed E-state index contributed by atoms with van der Waals surface area (Å²) < 4.78 is 0. The number of phenolic OH excluding ortho intramolecular Hbond substituents is 2. The van der Waals surface area contributed by atoms with Gasteiger partial charge in [-0.05, 0) is 58.1 Å². The molecule has 1 fully saturated rings. The summed E-state index contributed by atoms with van der Waals surface area (Å²) in [7, 11) is 0. The van der Waals surface area contributed by atoms with Gasteiger partial charge in [0, 0.05) is 5.41 Å². The number of carboxylic acid groups (broad SMARTS) is 1. The van der Waals surface area contributed by atoms with Gasteiger partial charge in [0.05, 0.1) is 5.92 Å². The van der Waals surface area contributed by atoms with E-state index in [2.05, 4.69) is 0 Å². The number of aromatic hydroxyl groups is 2. The van der Waals surface area contributed by atoms with E-state index in [1.165, 1.54) is 0 Å². The van der Waals surface area contributed by atoms with Crippen LogP contribution in [-0.4, -0.2) is 21.3 Å². The van der Waals surface area contributed by atoms with E-state index < -0.39 is 17.3 Å². The minimum absolute atomic E-state index is 0.232. The van der Waals surface area contributed by atoms with Gasteiger partial charge in [-0.2, -0.15) is 0 Å². The minimum Gasteiger partial charge on any atom is -0.508 e. The molecule has 0 heterocycles. The summed E-state index contributed by atoms with van der Waals surface area (Å²) in [4.78, 5) is 12.5. The van der Waals surface area contributed by atoms with Crippen LogP contribution in [0.15, 0.2) is 36.4 Å². The first kappa shape index (κ1) is 23.2. The van der Waals surface area contributed by atoms with E-state index in [1.807, 2.05) is 65.8 Å². The Morgan fingerprint density at radius 2 is 1.29 bits per heavy atom. The summed E-state index contributed by atoms with van der Waals surface area (Å²) in [5.74, 6) is -0.906. The topological polar surface area (TPSA) is 77.8 Å². The Morgan fingerprint density at radius 1 is 0.839 bits per heavy atom. The van der Waals surface area contributed by atoms with Crippen molar-refractivity contribution in [3.8, 4) is 11.5 Å². The van der Waals surface area contributed by atoms with Crippen LogP contribution in [0.3, 0.4) is 0 Å². The maximum atomic E-state index is 12.5. The third kappa shape index (κ3) is 4.17. The van der Waals surface area contributed by atoms with Gasteiger partial charge in [-0.1, -0.05) is 78.6 Å². The Labute approximate surface area is 186 Å². The molecule has 1 saturated carbocycles. The molecule has 0 aromatic heterocycles. The standard InChI is InChI=1S/C27H36O4/c1-25(2,3)20-15-17(10-12-22(20)28)27(14-8-7-9-19(27)24(30)31)18-11-13-23(29)21(16-18)26(4,5)6/h10-13,15-16,19,28-29H,7-9,14H2,1-6H3,(H,30,31). The Morgan fingerprint density at radius 3 is 1.68 bits per heavy atom. The van der Waals surface area contributed by atoms with Crippen molar-refractivity contribution >= 4 is 5.97 Å². The Kier molecular flexibility index (Phi) is 5.90. The van der Waals surface area contributed by atoms with E-state index >= 15 is 0 Å². The second kappa shape index (κ2) is 7.89. The van der Waals surface area contributed by atoms with Crippen LogP contribution in [0.1, 0.15) is 89.5 Å². The minimum atomic E-state index is -0.796. The molecule has 0 amide bonds. The van der Waals surface area contributed by atoms with Crippen LogP contribution in [0, 0.1) is 5.92 Å². The van der Waals surface area contributed by atoms with Crippen molar-refractivity contribution in [1.29, 1.82) is 0 Å². The normalized spacial score (nSPS) is 19.2. The maximum Gasteiger partial charge on any atom is 0.307 e. The highest BCUT2D eigenvalue weighted by atomic mass is 16.4. The third-order valence-electron chi connectivity index (χ3n) is 6.85. The highest BCUT2D eigenvalue weighted by Crippen LogP contribution is 2.51. The molecule has 3 rings (SSSR count). The molecule has 0 radical (unpaired) electrons. The fourth-order valence-electron chi connectivity index (χ4n) is 5.19. The summed E-state index contributed by atoms with van der Waals surface area (Å²) in [6, 6.07) is 11.2. The second-order valence-corrected chi connectivity index (χ2v) is 11.1. The number of hydrogen-bond donors (Lipinski definition) is 3. The molecule has 2 aromatic rings. The van der Waals surface area contributed by atoms with Gasteiger partial charge in [-0.15, -0.1) is 0 Å². The monoisotopic (exact) mass is 424 g/mol. The summed E-state index contributed by atoms with van der Waals surface area (Å²) in [6.45, 7) is 12.3. The molecule has 1 aliphatic rings. The molecule has 0 spiro atoms. The van der Waals surface area contributed by atoms with Crippen molar-refractivity contribution in [2.75, 3.05) is 0 Å². The molecule has 0 bridgehead atoms. The van der Waals surface area contributed by atoms with Gasteiger partial charge in [0.25, 0.3) is 0 Å². The van der Waals surface area contributed by atoms with Crippen LogP contribution in [0.4, 0.5) is 0 Å². The summed E-state index contributed by atoms with van der Waals surface area (Å²) in [5, 5.41) is 31.3. The molecule has 1 unspecified atom stereocenters. The maximum absolute atomic E-state index is 12.5. The van der Waals surface area contributed by atoms with Gasteiger partial charge in [0.15, 0.2) is 0 Å². The Hall–Kier alpha value is -2.49. The van der Waals surface area contributed by atoms with Gasteiger partial charge in [-0.3, -0.25) is 4.79 Å². The molecule has 4 heteroatoms. The number of carbonyl (C=O) groups is 1. The highest BCUT2D eigenvalue weighted by Gasteiger charge is 2.48. The van der Waals surface area contributed by atoms with E-state index in [9.17, 15) is 20.1 Å². The van der Waals surface area contributed by atoms with Crippen LogP contribution in [0.2, 0.25) is 0 Å². The average molecular weight is 425 g/mol.